The first kappa shape index (κ1) is 8.78. The molecule has 0 bridgehead atoms. The molecule has 4 heteroatoms. The Morgan fingerprint density at radius 3 is 1.78 bits per heavy atom. The smallest absolute Gasteiger partial charge is 0.264 e. The zero-order valence-corrected chi connectivity index (χ0v) is 5.49. The number of aliphatic hydroxyl groups excluding tert-OH is 1. The highest BCUT2D eigenvalue weighted by Gasteiger charge is 2.41. The summed E-state index contributed by atoms with van der Waals surface area (Å²) in [4.78, 5) is 0. The Balaban J connectivity index is 4.14. The number of hydrogen-bond acceptors (Lipinski definition) is 2. The molecule has 0 aliphatic carbocycles. The molecule has 0 aromatic heterocycles. The van der Waals surface area contributed by atoms with E-state index in [9.17, 15) is 8.78 Å². The van der Waals surface area contributed by atoms with Crippen molar-refractivity contribution in [2.45, 2.75) is 25.3 Å². The molecule has 0 aromatic carbocycles. The van der Waals surface area contributed by atoms with Crippen molar-refractivity contribution in [2.75, 3.05) is 6.61 Å². The first-order valence-corrected chi connectivity index (χ1v) is 2.59. The van der Waals surface area contributed by atoms with Crippen LogP contribution in [0.15, 0.2) is 0 Å². The third kappa shape index (κ3) is 1.87. The summed E-state index contributed by atoms with van der Waals surface area (Å²) in [5.41, 5.74) is 3.19. The Kier molecular flexibility index (Phi) is 2.14. The normalized spacial score (nSPS) is 19.3. The zero-order valence-electron chi connectivity index (χ0n) is 5.49. The van der Waals surface area contributed by atoms with Crippen molar-refractivity contribution >= 4 is 0 Å². The standard InChI is InChI=1S/C5H11F2NO/c1-4(8,3-9)5(2,6)7/h9H,3,8H2,1-2H3. The highest BCUT2D eigenvalue weighted by Crippen LogP contribution is 2.24. The van der Waals surface area contributed by atoms with Crippen LogP contribution in [0.2, 0.25) is 0 Å². The van der Waals surface area contributed by atoms with Crippen molar-refractivity contribution < 1.29 is 13.9 Å². The molecule has 9 heavy (non-hydrogen) atoms. The maximum absolute atomic E-state index is 12.2. The molecule has 0 heterocycles. The van der Waals surface area contributed by atoms with Crippen LogP contribution in [0.4, 0.5) is 8.78 Å². The lowest BCUT2D eigenvalue weighted by atomic mass is 9.98. The first-order chi connectivity index (χ1) is 3.81. The highest BCUT2D eigenvalue weighted by atomic mass is 19.3. The van der Waals surface area contributed by atoms with Gasteiger partial charge in [-0.3, -0.25) is 0 Å². The molecular weight excluding hydrogens is 128 g/mol. The molecule has 0 radical (unpaired) electrons. The molecule has 0 fully saturated rings. The van der Waals surface area contributed by atoms with Crippen molar-refractivity contribution in [3.8, 4) is 0 Å². The van der Waals surface area contributed by atoms with Gasteiger partial charge in [0.1, 0.15) is 5.54 Å². The SMILES string of the molecule is CC(F)(F)C(C)(N)CO. The second-order valence-corrected chi connectivity index (χ2v) is 2.46. The quantitative estimate of drug-likeness (QED) is 0.580. The Bertz CT molecular complexity index is 97.6. The molecular formula is C5H11F2NO. The lowest BCUT2D eigenvalue weighted by Gasteiger charge is -2.28. The summed E-state index contributed by atoms with van der Waals surface area (Å²) < 4.78 is 24.4. The number of aliphatic hydroxyl groups is 1. The maximum Gasteiger partial charge on any atom is 0.264 e. The maximum atomic E-state index is 12.2. The van der Waals surface area contributed by atoms with Crippen LogP contribution in [0, 0.1) is 0 Å². The second-order valence-electron chi connectivity index (χ2n) is 2.46. The van der Waals surface area contributed by atoms with Gasteiger partial charge in [0.05, 0.1) is 6.61 Å². The summed E-state index contributed by atoms with van der Waals surface area (Å²) in [6.07, 6.45) is 0. The molecule has 0 saturated carbocycles. The van der Waals surface area contributed by atoms with Crippen LogP contribution in [0.25, 0.3) is 0 Å². The Labute approximate surface area is 52.7 Å². The number of hydrogen-bond donors (Lipinski definition) is 2. The van der Waals surface area contributed by atoms with E-state index in [1.165, 1.54) is 0 Å². The predicted octanol–water partition coefficient (Wildman–Crippen LogP) is 0.351. The van der Waals surface area contributed by atoms with Crippen LogP contribution in [0.5, 0.6) is 0 Å². The number of alkyl halides is 2. The number of nitrogens with two attached hydrogens (primary N) is 1. The summed E-state index contributed by atoms with van der Waals surface area (Å²) in [6, 6.07) is 0. The molecule has 0 amide bonds. The zero-order chi connectivity index (χ0) is 7.71. The summed E-state index contributed by atoms with van der Waals surface area (Å²) in [5.74, 6) is -3.03. The predicted molar refractivity (Wildman–Crippen MR) is 30.3 cm³/mol. The van der Waals surface area contributed by atoms with Gasteiger partial charge in [-0.15, -0.1) is 0 Å². The Hall–Kier alpha value is -0.220. The van der Waals surface area contributed by atoms with E-state index in [-0.39, 0.29) is 0 Å². The van der Waals surface area contributed by atoms with Gasteiger partial charge in [0.15, 0.2) is 0 Å². The summed E-state index contributed by atoms with van der Waals surface area (Å²) in [5, 5.41) is 8.32. The third-order valence-corrected chi connectivity index (χ3v) is 1.33. The van der Waals surface area contributed by atoms with Crippen molar-refractivity contribution in [3.05, 3.63) is 0 Å². The van der Waals surface area contributed by atoms with Gasteiger partial charge in [-0.2, -0.15) is 0 Å². The lowest BCUT2D eigenvalue weighted by molar-refractivity contribution is -0.0689. The lowest BCUT2D eigenvalue weighted by Crippen LogP contribution is -2.54. The van der Waals surface area contributed by atoms with Gasteiger partial charge in [0.2, 0.25) is 0 Å². The number of rotatable bonds is 2. The van der Waals surface area contributed by atoms with E-state index in [0.29, 0.717) is 6.92 Å². The minimum absolute atomic E-state index is 0.684. The first-order valence-electron chi connectivity index (χ1n) is 2.59. The Morgan fingerprint density at radius 2 is 1.78 bits per heavy atom. The van der Waals surface area contributed by atoms with Gasteiger partial charge in [0.25, 0.3) is 5.92 Å². The minimum atomic E-state index is -3.03. The molecule has 0 aliphatic heterocycles. The topological polar surface area (TPSA) is 46.2 Å². The van der Waals surface area contributed by atoms with Crippen molar-refractivity contribution in [1.29, 1.82) is 0 Å². The molecule has 3 N–H and O–H groups in total. The minimum Gasteiger partial charge on any atom is -0.394 e. The van der Waals surface area contributed by atoms with Gasteiger partial charge in [-0.1, -0.05) is 0 Å². The molecule has 0 spiro atoms. The van der Waals surface area contributed by atoms with Crippen LogP contribution in [0.3, 0.4) is 0 Å². The van der Waals surface area contributed by atoms with Crippen molar-refractivity contribution in [1.82, 2.24) is 0 Å². The van der Waals surface area contributed by atoms with Crippen LogP contribution < -0.4 is 5.73 Å². The van der Waals surface area contributed by atoms with E-state index in [1.807, 2.05) is 0 Å². The van der Waals surface area contributed by atoms with E-state index < -0.39 is 18.1 Å². The average Bonchev–Trinajstić information content (AvgIpc) is 1.64. The third-order valence-electron chi connectivity index (χ3n) is 1.33. The van der Waals surface area contributed by atoms with E-state index in [0.717, 1.165) is 6.92 Å². The largest absolute Gasteiger partial charge is 0.394 e. The van der Waals surface area contributed by atoms with Gasteiger partial charge in [-0.25, -0.2) is 8.78 Å². The molecule has 0 rings (SSSR count). The fourth-order valence-corrected chi connectivity index (χ4v) is 0.139. The van der Waals surface area contributed by atoms with Crippen LogP contribution >= 0.6 is 0 Å². The van der Waals surface area contributed by atoms with Gasteiger partial charge >= 0.3 is 0 Å². The van der Waals surface area contributed by atoms with Gasteiger partial charge in [-0.05, 0) is 6.92 Å². The van der Waals surface area contributed by atoms with E-state index in [2.05, 4.69) is 0 Å². The van der Waals surface area contributed by atoms with Gasteiger partial charge < -0.3 is 10.8 Å². The Morgan fingerprint density at radius 1 is 1.44 bits per heavy atom. The molecule has 0 aliphatic rings. The summed E-state index contributed by atoms with van der Waals surface area (Å²) >= 11 is 0. The van der Waals surface area contributed by atoms with E-state index >= 15 is 0 Å². The molecule has 56 valence electrons. The monoisotopic (exact) mass is 139 g/mol. The van der Waals surface area contributed by atoms with E-state index in [4.69, 9.17) is 10.8 Å². The van der Waals surface area contributed by atoms with Crippen LogP contribution in [-0.4, -0.2) is 23.2 Å². The molecule has 0 aromatic rings. The fourth-order valence-electron chi connectivity index (χ4n) is 0.139. The summed E-state index contributed by atoms with van der Waals surface area (Å²) in [6.45, 7) is 1.08. The molecule has 0 saturated heterocycles. The van der Waals surface area contributed by atoms with Crippen LogP contribution in [-0.2, 0) is 0 Å². The van der Waals surface area contributed by atoms with E-state index in [1.54, 1.807) is 0 Å². The van der Waals surface area contributed by atoms with Crippen molar-refractivity contribution in [3.63, 3.8) is 0 Å². The fraction of sp³-hybridized carbons (Fsp3) is 1.00. The summed E-state index contributed by atoms with van der Waals surface area (Å²) in [7, 11) is 0. The van der Waals surface area contributed by atoms with Crippen molar-refractivity contribution in [2.24, 2.45) is 5.73 Å². The molecule has 1 atom stereocenters. The van der Waals surface area contributed by atoms with Crippen LogP contribution in [0.1, 0.15) is 13.8 Å². The van der Waals surface area contributed by atoms with Gasteiger partial charge in [0, 0.05) is 6.92 Å². The average molecular weight is 139 g/mol. The second kappa shape index (κ2) is 2.19. The molecule has 1 unspecified atom stereocenters. The highest BCUT2D eigenvalue weighted by molar-refractivity contribution is 4.89. The number of halogens is 2. The molecule has 2 nitrogen and oxygen atoms in total.